The minimum atomic E-state index is -0.196. The quantitative estimate of drug-likeness (QED) is 0.590. The van der Waals surface area contributed by atoms with E-state index in [4.69, 9.17) is 6.57 Å². The zero-order chi connectivity index (χ0) is 8.97. The van der Waals surface area contributed by atoms with Crippen LogP contribution in [0, 0.1) is 19.3 Å². The third kappa shape index (κ3) is 1.82. The van der Waals surface area contributed by atoms with Crippen molar-refractivity contribution < 1.29 is 4.39 Å². The molecule has 1 aromatic rings. The first kappa shape index (κ1) is 8.73. The van der Waals surface area contributed by atoms with Crippen LogP contribution in [0.1, 0.15) is 11.1 Å². The van der Waals surface area contributed by atoms with E-state index in [-0.39, 0.29) is 5.82 Å². The Bertz CT molecular complexity index is 292. The van der Waals surface area contributed by atoms with Crippen molar-refractivity contribution in [2.24, 2.45) is 0 Å². The van der Waals surface area contributed by atoms with Crippen molar-refractivity contribution >= 4 is 0 Å². The molecule has 0 aliphatic rings. The van der Waals surface area contributed by atoms with E-state index in [1.165, 1.54) is 6.07 Å². The summed E-state index contributed by atoms with van der Waals surface area (Å²) in [6, 6.07) is 4.99. The monoisotopic (exact) mass is 163 g/mol. The van der Waals surface area contributed by atoms with Crippen molar-refractivity contribution in [1.82, 2.24) is 0 Å². The number of aryl methyl sites for hydroxylation is 1. The van der Waals surface area contributed by atoms with Crippen LogP contribution < -0.4 is 0 Å². The second-order valence-corrected chi connectivity index (χ2v) is 2.67. The summed E-state index contributed by atoms with van der Waals surface area (Å²) in [4.78, 5) is 3.20. The van der Waals surface area contributed by atoms with Crippen molar-refractivity contribution in [2.45, 2.75) is 13.3 Å². The third-order valence-corrected chi connectivity index (χ3v) is 1.83. The third-order valence-electron chi connectivity index (χ3n) is 1.83. The van der Waals surface area contributed by atoms with Crippen LogP contribution in [0.2, 0.25) is 0 Å². The fourth-order valence-electron chi connectivity index (χ4n) is 1.15. The molecule has 1 aromatic carbocycles. The molecule has 0 saturated carbocycles. The number of hydrogen-bond donors (Lipinski definition) is 0. The highest BCUT2D eigenvalue weighted by molar-refractivity contribution is 5.27. The molecule has 1 rings (SSSR count). The topological polar surface area (TPSA) is 4.36 Å². The van der Waals surface area contributed by atoms with Gasteiger partial charge in [0.25, 0.3) is 0 Å². The second kappa shape index (κ2) is 3.87. The highest BCUT2D eigenvalue weighted by atomic mass is 19.1. The Balaban J connectivity index is 2.90. The van der Waals surface area contributed by atoms with Gasteiger partial charge in [-0.2, -0.15) is 0 Å². The van der Waals surface area contributed by atoms with Crippen molar-refractivity contribution in [1.29, 1.82) is 0 Å². The van der Waals surface area contributed by atoms with Gasteiger partial charge in [-0.3, -0.25) is 0 Å². The fraction of sp³-hybridized carbons (Fsp3) is 0.300. The van der Waals surface area contributed by atoms with Gasteiger partial charge in [-0.05, 0) is 24.1 Å². The summed E-state index contributed by atoms with van der Waals surface area (Å²) < 4.78 is 13.1. The summed E-state index contributed by atoms with van der Waals surface area (Å²) in [5, 5.41) is 0. The van der Waals surface area contributed by atoms with Crippen LogP contribution in [-0.4, -0.2) is 6.54 Å². The molecule has 0 bridgehead atoms. The summed E-state index contributed by atoms with van der Waals surface area (Å²) >= 11 is 0. The first-order valence-electron chi connectivity index (χ1n) is 3.83. The molecular formula is C10H10FN. The average molecular weight is 163 g/mol. The number of hydrogen-bond acceptors (Lipinski definition) is 0. The second-order valence-electron chi connectivity index (χ2n) is 2.67. The van der Waals surface area contributed by atoms with E-state index in [0.717, 1.165) is 5.56 Å². The summed E-state index contributed by atoms with van der Waals surface area (Å²) in [5.74, 6) is -0.196. The molecule has 0 radical (unpaired) electrons. The first-order chi connectivity index (χ1) is 5.75. The molecule has 0 saturated heterocycles. The number of benzene rings is 1. The Morgan fingerprint density at radius 1 is 1.50 bits per heavy atom. The van der Waals surface area contributed by atoms with Gasteiger partial charge in [0.15, 0.2) is 0 Å². The molecule has 0 atom stereocenters. The van der Waals surface area contributed by atoms with Crippen LogP contribution >= 0.6 is 0 Å². The summed E-state index contributed by atoms with van der Waals surface area (Å²) in [5.41, 5.74) is 1.60. The lowest BCUT2D eigenvalue weighted by atomic mass is 10.1. The molecule has 0 spiro atoms. The highest BCUT2D eigenvalue weighted by Crippen LogP contribution is 2.12. The minimum Gasteiger partial charge on any atom is -0.317 e. The molecule has 0 aromatic heterocycles. The van der Waals surface area contributed by atoms with Gasteiger partial charge in [-0.1, -0.05) is 12.1 Å². The van der Waals surface area contributed by atoms with Crippen molar-refractivity contribution in [2.75, 3.05) is 6.54 Å². The van der Waals surface area contributed by atoms with Gasteiger partial charge in [0.05, 0.1) is 0 Å². The molecule has 62 valence electrons. The lowest BCUT2D eigenvalue weighted by Crippen LogP contribution is -1.95. The van der Waals surface area contributed by atoms with Crippen molar-refractivity contribution in [3.05, 3.63) is 46.6 Å². The molecular weight excluding hydrogens is 153 g/mol. The number of halogens is 1. The lowest BCUT2D eigenvalue weighted by molar-refractivity contribution is 0.609. The zero-order valence-corrected chi connectivity index (χ0v) is 6.97. The van der Waals surface area contributed by atoms with Gasteiger partial charge in [0.2, 0.25) is 6.54 Å². The van der Waals surface area contributed by atoms with Crippen molar-refractivity contribution in [3.8, 4) is 0 Å². The maximum absolute atomic E-state index is 13.1. The van der Waals surface area contributed by atoms with Crippen LogP contribution in [0.25, 0.3) is 4.85 Å². The molecule has 0 aliphatic carbocycles. The maximum atomic E-state index is 13.1. The van der Waals surface area contributed by atoms with Crippen LogP contribution in [0.15, 0.2) is 18.2 Å². The van der Waals surface area contributed by atoms with Gasteiger partial charge in [0.1, 0.15) is 5.82 Å². The van der Waals surface area contributed by atoms with E-state index in [1.54, 1.807) is 6.07 Å². The van der Waals surface area contributed by atoms with Gasteiger partial charge < -0.3 is 4.85 Å². The van der Waals surface area contributed by atoms with Gasteiger partial charge in [-0.15, -0.1) is 0 Å². The van der Waals surface area contributed by atoms with E-state index in [1.807, 2.05) is 13.0 Å². The van der Waals surface area contributed by atoms with Crippen LogP contribution in [-0.2, 0) is 6.42 Å². The summed E-state index contributed by atoms with van der Waals surface area (Å²) in [7, 11) is 0. The lowest BCUT2D eigenvalue weighted by Gasteiger charge is -2.02. The predicted octanol–water partition coefficient (Wildman–Crippen LogP) is 2.60. The molecule has 0 aliphatic heterocycles. The molecule has 12 heavy (non-hydrogen) atoms. The van der Waals surface area contributed by atoms with E-state index in [2.05, 4.69) is 4.85 Å². The standard InChI is InChI=1S/C10H10FN/c1-8-4-3-5-10(11)9(8)6-7-12-2/h3-5H,6-7H2,1H3. The molecule has 1 nitrogen and oxygen atoms in total. The van der Waals surface area contributed by atoms with E-state index in [0.29, 0.717) is 18.5 Å². The van der Waals surface area contributed by atoms with Gasteiger partial charge >= 0.3 is 0 Å². The Kier molecular flexibility index (Phi) is 2.82. The Morgan fingerprint density at radius 3 is 2.83 bits per heavy atom. The molecule has 2 heteroatoms. The SMILES string of the molecule is [C-]#[N+]CCc1c(C)cccc1F. The number of rotatable bonds is 2. The van der Waals surface area contributed by atoms with E-state index >= 15 is 0 Å². The summed E-state index contributed by atoms with van der Waals surface area (Å²) in [6.45, 7) is 8.82. The van der Waals surface area contributed by atoms with Crippen LogP contribution in [0.5, 0.6) is 0 Å². The maximum Gasteiger partial charge on any atom is 0.218 e. The van der Waals surface area contributed by atoms with Gasteiger partial charge in [0, 0.05) is 6.42 Å². The normalized spacial score (nSPS) is 9.42. The average Bonchev–Trinajstić information content (AvgIpc) is 2.04. The molecule has 0 fully saturated rings. The Hall–Kier alpha value is -1.36. The number of nitrogens with zero attached hydrogens (tertiary/aromatic N) is 1. The largest absolute Gasteiger partial charge is 0.317 e. The van der Waals surface area contributed by atoms with E-state index < -0.39 is 0 Å². The van der Waals surface area contributed by atoms with E-state index in [9.17, 15) is 4.39 Å². The minimum absolute atomic E-state index is 0.196. The van der Waals surface area contributed by atoms with Crippen LogP contribution in [0.3, 0.4) is 0 Å². The highest BCUT2D eigenvalue weighted by Gasteiger charge is 2.05. The molecule has 0 N–H and O–H groups in total. The summed E-state index contributed by atoms with van der Waals surface area (Å²) in [6.07, 6.45) is 0.516. The molecule has 0 unspecified atom stereocenters. The smallest absolute Gasteiger partial charge is 0.218 e. The Labute approximate surface area is 71.7 Å². The Morgan fingerprint density at radius 2 is 2.25 bits per heavy atom. The first-order valence-corrected chi connectivity index (χ1v) is 3.83. The van der Waals surface area contributed by atoms with Gasteiger partial charge in [-0.25, -0.2) is 11.0 Å². The van der Waals surface area contributed by atoms with Crippen LogP contribution in [0.4, 0.5) is 4.39 Å². The molecule has 0 amide bonds. The molecule has 0 heterocycles. The zero-order valence-electron chi connectivity index (χ0n) is 6.97. The van der Waals surface area contributed by atoms with Crippen molar-refractivity contribution in [3.63, 3.8) is 0 Å². The predicted molar refractivity (Wildman–Crippen MR) is 46.3 cm³/mol. The fourth-order valence-corrected chi connectivity index (χ4v) is 1.15.